The Morgan fingerprint density at radius 3 is 2.53 bits per heavy atom. The highest BCUT2D eigenvalue weighted by atomic mass is 35.5. The second-order valence-corrected chi connectivity index (χ2v) is 4.02. The Balaban J connectivity index is 2.69. The lowest BCUT2D eigenvalue weighted by Gasteiger charge is -2.12. The highest BCUT2D eigenvalue weighted by Gasteiger charge is 2.33. The summed E-state index contributed by atoms with van der Waals surface area (Å²) in [4.78, 5) is 0. The molecule has 96 valence electrons. The van der Waals surface area contributed by atoms with E-state index in [1.165, 1.54) is 12.1 Å². The van der Waals surface area contributed by atoms with Crippen molar-refractivity contribution >= 4 is 17.3 Å². The monoisotopic (exact) mass is 266 g/mol. The van der Waals surface area contributed by atoms with E-state index in [9.17, 15) is 13.2 Å². The summed E-state index contributed by atoms with van der Waals surface area (Å²) in [7, 11) is 0. The van der Waals surface area contributed by atoms with Gasteiger partial charge in [0, 0.05) is 12.2 Å². The predicted molar refractivity (Wildman–Crippen MR) is 63.2 cm³/mol. The highest BCUT2D eigenvalue weighted by molar-refractivity contribution is 6.31. The quantitative estimate of drug-likeness (QED) is 0.801. The topological polar surface area (TPSA) is 38.0 Å². The molecule has 0 bridgehead atoms. The minimum atomic E-state index is -4.42. The maximum atomic E-state index is 12.5. The first-order valence-corrected chi connectivity index (χ1v) is 5.63. The normalized spacial score (nSPS) is 11.6. The van der Waals surface area contributed by atoms with E-state index >= 15 is 0 Å². The molecular formula is C11H14ClF3N2. The molecular weight excluding hydrogens is 253 g/mol. The maximum Gasteiger partial charge on any atom is 0.417 e. The molecule has 2 nitrogen and oxygen atoms in total. The first-order chi connectivity index (χ1) is 7.95. The van der Waals surface area contributed by atoms with Gasteiger partial charge in [-0.05, 0) is 37.6 Å². The number of nitrogens with one attached hydrogen (secondary N) is 1. The van der Waals surface area contributed by atoms with E-state index in [2.05, 4.69) is 5.32 Å². The largest absolute Gasteiger partial charge is 0.417 e. The second-order valence-electron chi connectivity index (χ2n) is 3.61. The zero-order valence-corrected chi connectivity index (χ0v) is 9.91. The summed E-state index contributed by atoms with van der Waals surface area (Å²) < 4.78 is 37.6. The minimum Gasteiger partial charge on any atom is -0.385 e. The standard InChI is InChI=1S/C11H14ClF3N2/c12-10-4-3-8(17-6-2-1-5-16)7-9(10)11(13,14)15/h3-4,7,17H,1-2,5-6,16H2. The van der Waals surface area contributed by atoms with Crippen LogP contribution < -0.4 is 11.1 Å². The molecule has 0 atom stereocenters. The summed E-state index contributed by atoms with van der Waals surface area (Å²) in [6.07, 6.45) is -2.76. The smallest absolute Gasteiger partial charge is 0.385 e. The molecule has 6 heteroatoms. The fourth-order valence-corrected chi connectivity index (χ4v) is 1.58. The lowest BCUT2D eigenvalue weighted by molar-refractivity contribution is -0.137. The second kappa shape index (κ2) is 6.12. The number of halogens is 4. The van der Waals surface area contributed by atoms with Crippen LogP contribution in [-0.4, -0.2) is 13.1 Å². The number of benzene rings is 1. The van der Waals surface area contributed by atoms with Crippen molar-refractivity contribution in [1.82, 2.24) is 0 Å². The van der Waals surface area contributed by atoms with Gasteiger partial charge in [0.1, 0.15) is 0 Å². The van der Waals surface area contributed by atoms with Crippen LogP contribution in [0.15, 0.2) is 18.2 Å². The van der Waals surface area contributed by atoms with Gasteiger partial charge in [-0.3, -0.25) is 0 Å². The van der Waals surface area contributed by atoms with Crippen molar-refractivity contribution in [3.05, 3.63) is 28.8 Å². The van der Waals surface area contributed by atoms with E-state index in [1.54, 1.807) is 0 Å². The number of alkyl halides is 3. The molecule has 1 rings (SSSR count). The molecule has 1 aromatic carbocycles. The van der Waals surface area contributed by atoms with Crippen LogP contribution in [0, 0.1) is 0 Å². The van der Waals surface area contributed by atoms with Crippen LogP contribution in [0.4, 0.5) is 18.9 Å². The van der Waals surface area contributed by atoms with E-state index < -0.39 is 11.7 Å². The summed E-state index contributed by atoms with van der Waals surface area (Å²) >= 11 is 5.50. The SMILES string of the molecule is NCCCCNc1ccc(Cl)c(C(F)(F)F)c1. The Bertz CT molecular complexity index is 366. The van der Waals surface area contributed by atoms with Crippen molar-refractivity contribution in [2.24, 2.45) is 5.73 Å². The molecule has 0 saturated carbocycles. The number of hydrogen-bond donors (Lipinski definition) is 2. The van der Waals surface area contributed by atoms with Gasteiger partial charge in [0.15, 0.2) is 0 Å². The number of anilines is 1. The van der Waals surface area contributed by atoms with E-state index in [0.29, 0.717) is 18.8 Å². The average Bonchev–Trinajstić information content (AvgIpc) is 2.25. The van der Waals surface area contributed by atoms with Crippen molar-refractivity contribution < 1.29 is 13.2 Å². The molecule has 0 aliphatic heterocycles. The summed E-state index contributed by atoms with van der Waals surface area (Å²) in [6.45, 7) is 1.17. The lowest BCUT2D eigenvalue weighted by atomic mass is 10.2. The van der Waals surface area contributed by atoms with Crippen molar-refractivity contribution in [3.63, 3.8) is 0 Å². The van der Waals surface area contributed by atoms with E-state index in [-0.39, 0.29) is 5.02 Å². The third-order valence-electron chi connectivity index (χ3n) is 2.23. The first kappa shape index (κ1) is 14.1. The van der Waals surface area contributed by atoms with Gasteiger partial charge in [-0.1, -0.05) is 11.6 Å². The van der Waals surface area contributed by atoms with Crippen molar-refractivity contribution in [1.29, 1.82) is 0 Å². The van der Waals surface area contributed by atoms with Crippen LogP contribution in [0.25, 0.3) is 0 Å². The predicted octanol–water partition coefficient (Wildman–Crippen LogP) is 3.51. The van der Waals surface area contributed by atoms with Crippen LogP contribution in [0.2, 0.25) is 5.02 Å². The fourth-order valence-electron chi connectivity index (χ4n) is 1.35. The molecule has 0 aliphatic carbocycles. The van der Waals surface area contributed by atoms with Gasteiger partial charge in [0.2, 0.25) is 0 Å². The molecule has 0 amide bonds. The number of rotatable bonds is 5. The molecule has 0 fully saturated rings. The highest BCUT2D eigenvalue weighted by Crippen LogP contribution is 2.36. The van der Waals surface area contributed by atoms with Gasteiger partial charge in [0.25, 0.3) is 0 Å². The van der Waals surface area contributed by atoms with Crippen molar-refractivity contribution in [2.45, 2.75) is 19.0 Å². The third kappa shape index (κ3) is 4.44. The third-order valence-corrected chi connectivity index (χ3v) is 2.56. The minimum absolute atomic E-state index is 0.287. The number of nitrogens with two attached hydrogens (primary N) is 1. The van der Waals surface area contributed by atoms with Gasteiger partial charge in [-0.25, -0.2) is 0 Å². The Kier molecular flexibility index (Phi) is 5.08. The van der Waals surface area contributed by atoms with Crippen molar-refractivity contribution in [3.8, 4) is 0 Å². The summed E-state index contributed by atoms with van der Waals surface area (Å²) in [5.41, 5.74) is 4.91. The van der Waals surface area contributed by atoms with Gasteiger partial charge in [-0.15, -0.1) is 0 Å². The summed E-state index contributed by atoms with van der Waals surface area (Å²) in [5.74, 6) is 0. The molecule has 3 N–H and O–H groups in total. The van der Waals surface area contributed by atoms with E-state index in [4.69, 9.17) is 17.3 Å². The van der Waals surface area contributed by atoms with Gasteiger partial charge < -0.3 is 11.1 Å². The Morgan fingerprint density at radius 1 is 1.24 bits per heavy atom. The molecule has 0 aliphatic rings. The van der Waals surface area contributed by atoms with Gasteiger partial charge in [-0.2, -0.15) is 13.2 Å². The van der Waals surface area contributed by atoms with Gasteiger partial charge >= 0.3 is 6.18 Å². The van der Waals surface area contributed by atoms with Gasteiger partial charge in [0.05, 0.1) is 10.6 Å². The molecule has 0 unspecified atom stereocenters. The molecule has 17 heavy (non-hydrogen) atoms. The van der Waals surface area contributed by atoms with E-state index in [1.807, 2.05) is 0 Å². The lowest BCUT2D eigenvalue weighted by Crippen LogP contribution is -2.09. The number of unbranched alkanes of at least 4 members (excludes halogenated alkanes) is 1. The fraction of sp³-hybridized carbons (Fsp3) is 0.455. The molecule has 0 heterocycles. The summed E-state index contributed by atoms with van der Waals surface area (Å²) in [6, 6.07) is 3.79. The molecule has 0 spiro atoms. The number of hydrogen-bond acceptors (Lipinski definition) is 2. The molecule has 0 radical (unpaired) electrons. The average molecular weight is 267 g/mol. The van der Waals surface area contributed by atoms with E-state index in [0.717, 1.165) is 18.9 Å². The molecule has 0 aromatic heterocycles. The molecule has 0 saturated heterocycles. The van der Waals surface area contributed by atoms with Crippen molar-refractivity contribution in [2.75, 3.05) is 18.4 Å². The zero-order valence-electron chi connectivity index (χ0n) is 9.15. The Labute approximate surface area is 103 Å². The molecule has 1 aromatic rings. The van der Waals surface area contributed by atoms with Crippen LogP contribution in [-0.2, 0) is 6.18 Å². The van der Waals surface area contributed by atoms with Crippen LogP contribution >= 0.6 is 11.6 Å². The maximum absolute atomic E-state index is 12.5. The van der Waals surface area contributed by atoms with Crippen LogP contribution in [0.5, 0.6) is 0 Å². The first-order valence-electron chi connectivity index (χ1n) is 5.26. The Hall–Kier alpha value is -0.940. The zero-order chi connectivity index (χ0) is 12.9. The van der Waals surface area contributed by atoms with Crippen LogP contribution in [0.3, 0.4) is 0 Å². The van der Waals surface area contributed by atoms with Crippen LogP contribution in [0.1, 0.15) is 18.4 Å². The Morgan fingerprint density at radius 2 is 1.94 bits per heavy atom. The summed E-state index contributed by atoms with van der Waals surface area (Å²) in [5, 5.41) is 2.62.